The Kier molecular flexibility index (Phi) is 3.82. The van der Waals surface area contributed by atoms with Crippen LogP contribution in [-0.4, -0.2) is 0 Å². The second-order valence-corrected chi connectivity index (χ2v) is 4.44. The molecule has 0 N–H and O–H groups in total. The smallest absolute Gasteiger partial charge is 0.195 e. The summed E-state index contributed by atoms with van der Waals surface area (Å²) in [6, 6.07) is 13.6. The lowest BCUT2D eigenvalue weighted by Gasteiger charge is -2.01. The number of benzene rings is 2. The van der Waals surface area contributed by atoms with Gasteiger partial charge >= 0.3 is 0 Å². The molecule has 0 fully saturated rings. The molecule has 88 valence electrons. The van der Waals surface area contributed by atoms with Gasteiger partial charge in [0.15, 0.2) is 5.69 Å². The van der Waals surface area contributed by atoms with E-state index in [1.165, 1.54) is 5.56 Å². The SMILES string of the molecule is [C-]#[N+]c1cccc(Cl)c1/C=C/c1ccc(C)cc1. The summed E-state index contributed by atoms with van der Waals surface area (Å²) in [7, 11) is 0. The van der Waals surface area contributed by atoms with E-state index in [1.54, 1.807) is 18.2 Å². The fraction of sp³-hybridized carbons (Fsp3) is 0.0625. The Morgan fingerprint density at radius 2 is 1.78 bits per heavy atom. The van der Waals surface area contributed by atoms with E-state index >= 15 is 0 Å². The van der Waals surface area contributed by atoms with Gasteiger partial charge < -0.3 is 0 Å². The topological polar surface area (TPSA) is 4.36 Å². The van der Waals surface area contributed by atoms with E-state index in [1.807, 2.05) is 24.3 Å². The zero-order valence-corrected chi connectivity index (χ0v) is 10.8. The Balaban J connectivity index is 2.35. The molecule has 0 radical (unpaired) electrons. The maximum absolute atomic E-state index is 7.12. The van der Waals surface area contributed by atoms with Gasteiger partial charge in [0.25, 0.3) is 0 Å². The average Bonchev–Trinajstić information content (AvgIpc) is 2.39. The lowest BCUT2D eigenvalue weighted by atomic mass is 10.1. The van der Waals surface area contributed by atoms with E-state index in [0.717, 1.165) is 11.1 Å². The molecule has 0 aromatic heterocycles. The van der Waals surface area contributed by atoms with E-state index in [4.69, 9.17) is 18.2 Å². The summed E-state index contributed by atoms with van der Waals surface area (Å²) >= 11 is 6.11. The van der Waals surface area contributed by atoms with Crippen LogP contribution in [0.2, 0.25) is 5.02 Å². The van der Waals surface area contributed by atoms with E-state index in [-0.39, 0.29) is 0 Å². The predicted octanol–water partition coefficient (Wildman–Crippen LogP) is 5.37. The van der Waals surface area contributed by atoms with Crippen LogP contribution in [0, 0.1) is 13.5 Å². The molecular formula is C16H12ClN. The van der Waals surface area contributed by atoms with Gasteiger partial charge in [0, 0.05) is 5.02 Å². The third-order valence-electron chi connectivity index (χ3n) is 2.67. The van der Waals surface area contributed by atoms with Gasteiger partial charge in [0.05, 0.1) is 6.57 Å². The van der Waals surface area contributed by atoms with Crippen molar-refractivity contribution in [3.8, 4) is 0 Å². The molecule has 2 aromatic rings. The highest BCUT2D eigenvalue weighted by molar-refractivity contribution is 6.32. The first-order valence-electron chi connectivity index (χ1n) is 5.61. The highest BCUT2D eigenvalue weighted by atomic mass is 35.5. The van der Waals surface area contributed by atoms with Crippen LogP contribution < -0.4 is 0 Å². The predicted molar refractivity (Wildman–Crippen MR) is 77.8 cm³/mol. The van der Waals surface area contributed by atoms with Crippen molar-refractivity contribution in [3.63, 3.8) is 0 Å². The molecular weight excluding hydrogens is 242 g/mol. The van der Waals surface area contributed by atoms with E-state index in [9.17, 15) is 0 Å². The lowest BCUT2D eigenvalue weighted by molar-refractivity contribution is 1.46. The zero-order chi connectivity index (χ0) is 13.0. The maximum atomic E-state index is 7.12. The van der Waals surface area contributed by atoms with Gasteiger partial charge in [-0.25, -0.2) is 4.85 Å². The van der Waals surface area contributed by atoms with Gasteiger partial charge in [0.1, 0.15) is 0 Å². The normalized spacial score (nSPS) is 10.5. The van der Waals surface area contributed by atoms with Gasteiger partial charge in [-0.2, -0.15) is 0 Å². The Morgan fingerprint density at radius 1 is 1.06 bits per heavy atom. The minimum absolute atomic E-state index is 0.575. The molecule has 0 bridgehead atoms. The first-order valence-corrected chi connectivity index (χ1v) is 5.99. The molecule has 0 saturated carbocycles. The zero-order valence-electron chi connectivity index (χ0n) is 10.0. The summed E-state index contributed by atoms with van der Waals surface area (Å²) < 4.78 is 0. The van der Waals surface area contributed by atoms with Crippen molar-refractivity contribution >= 4 is 29.4 Å². The molecule has 0 aliphatic rings. The fourth-order valence-corrected chi connectivity index (χ4v) is 1.88. The third-order valence-corrected chi connectivity index (χ3v) is 3.00. The number of rotatable bonds is 2. The van der Waals surface area contributed by atoms with Crippen LogP contribution in [-0.2, 0) is 0 Å². The summed E-state index contributed by atoms with van der Waals surface area (Å²) in [6.45, 7) is 9.18. The minimum atomic E-state index is 0.575. The average molecular weight is 254 g/mol. The first-order chi connectivity index (χ1) is 8.70. The molecule has 0 unspecified atom stereocenters. The molecule has 0 saturated heterocycles. The van der Waals surface area contributed by atoms with Crippen molar-refractivity contribution in [3.05, 3.63) is 75.6 Å². The number of hydrogen-bond donors (Lipinski definition) is 0. The number of hydrogen-bond acceptors (Lipinski definition) is 0. The van der Waals surface area contributed by atoms with Gasteiger partial charge in [-0.15, -0.1) is 0 Å². The molecule has 0 aliphatic heterocycles. The minimum Gasteiger partial charge on any atom is -0.237 e. The van der Waals surface area contributed by atoms with Crippen LogP contribution >= 0.6 is 11.6 Å². The molecule has 1 nitrogen and oxygen atoms in total. The first kappa shape index (κ1) is 12.4. The summed E-state index contributed by atoms with van der Waals surface area (Å²) in [5.41, 5.74) is 3.67. The van der Waals surface area contributed by atoms with Crippen LogP contribution in [0.1, 0.15) is 16.7 Å². The molecule has 18 heavy (non-hydrogen) atoms. The Bertz CT molecular complexity index is 619. The number of nitrogens with zero attached hydrogens (tertiary/aromatic N) is 1. The highest BCUT2D eigenvalue weighted by Gasteiger charge is 2.02. The second-order valence-electron chi connectivity index (χ2n) is 4.03. The van der Waals surface area contributed by atoms with Crippen LogP contribution in [0.15, 0.2) is 42.5 Å². The van der Waals surface area contributed by atoms with Crippen molar-refractivity contribution in [2.45, 2.75) is 6.92 Å². The monoisotopic (exact) mass is 253 g/mol. The summed E-state index contributed by atoms with van der Waals surface area (Å²) in [5.74, 6) is 0. The van der Waals surface area contributed by atoms with Crippen molar-refractivity contribution in [1.82, 2.24) is 0 Å². The lowest BCUT2D eigenvalue weighted by Crippen LogP contribution is -1.77. The van der Waals surface area contributed by atoms with E-state index in [2.05, 4.69) is 23.9 Å². The highest BCUT2D eigenvalue weighted by Crippen LogP contribution is 2.28. The van der Waals surface area contributed by atoms with Gasteiger partial charge in [-0.05, 0) is 24.1 Å². The maximum Gasteiger partial charge on any atom is 0.195 e. The molecule has 0 amide bonds. The fourth-order valence-electron chi connectivity index (χ4n) is 1.65. The second kappa shape index (κ2) is 5.53. The van der Waals surface area contributed by atoms with Crippen LogP contribution in [0.5, 0.6) is 0 Å². The molecule has 0 aliphatic carbocycles. The van der Waals surface area contributed by atoms with E-state index < -0.39 is 0 Å². The summed E-state index contributed by atoms with van der Waals surface area (Å²) in [4.78, 5) is 3.47. The van der Waals surface area contributed by atoms with Crippen molar-refractivity contribution in [2.24, 2.45) is 0 Å². The number of halogens is 1. The van der Waals surface area contributed by atoms with Gasteiger partial charge in [0.2, 0.25) is 0 Å². The molecule has 2 aromatic carbocycles. The summed E-state index contributed by atoms with van der Waals surface area (Å²) in [5, 5.41) is 0.604. The largest absolute Gasteiger partial charge is 0.237 e. The quantitative estimate of drug-likeness (QED) is 0.501. The summed E-state index contributed by atoms with van der Waals surface area (Å²) in [6.07, 6.45) is 3.86. The molecule has 0 spiro atoms. The van der Waals surface area contributed by atoms with Crippen molar-refractivity contribution < 1.29 is 0 Å². The third kappa shape index (κ3) is 2.80. The van der Waals surface area contributed by atoms with Gasteiger partial charge in [-0.1, -0.05) is 65.7 Å². The van der Waals surface area contributed by atoms with E-state index in [0.29, 0.717) is 10.7 Å². The van der Waals surface area contributed by atoms with Crippen molar-refractivity contribution in [1.29, 1.82) is 0 Å². The molecule has 2 heteroatoms. The number of aryl methyl sites for hydroxylation is 1. The van der Waals surface area contributed by atoms with Crippen LogP contribution in [0.25, 0.3) is 17.0 Å². The molecule has 0 heterocycles. The van der Waals surface area contributed by atoms with Crippen LogP contribution in [0.4, 0.5) is 5.69 Å². The molecule has 0 atom stereocenters. The molecule has 2 rings (SSSR count). The Labute approximate surface area is 112 Å². The Hall–Kier alpha value is -2.04. The van der Waals surface area contributed by atoms with Crippen molar-refractivity contribution in [2.75, 3.05) is 0 Å². The van der Waals surface area contributed by atoms with Gasteiger partial charge in [-0.3, -0.25) is 0 Å². The standard InChI is InChI=1S/C16H12ClN/c1-12-6-8-13(9-7-12)10-11-14-15(17)4-3-5-16(14)18-2/h3-11H,1H3/b11-10+. The Morgan fingerprint density at radius 3 is 2.44 bits per heavy atom. The van der Waals surface area contributed by atoms with Crippen LogP contribution in [0.3, 0.4) is 0 Å².